The molecule has 204 valence electrons. The number of aliphatic carboxylic acids is 1. The van der Waals surface area contributed by atoms with E-state index in [9.17, 15) is 24.3 Å². The summed E-state index contributed by atoms with van der Waals surface area (Å²) in [6.45, 7) is -0.298. The average molecular weight is 553 g/mol. The highest BCUT2D eigenvalue weighted by Gasteiger charge is 2.23. The molecule has 3 aromatic carbocycles. The molecule has 0 spiro atoms. The first kappa shape index (κ1) is 29.2. The Balaban J connectivity index is 1.70. The molecule has 2 amide bonds. The second kappa shape index (κ2) is 14.5. The maximum absolute atomic E-state index is 13.1. The van der Waals surface area contributed by atoms with Gasteiger partial charge in [-0.3, -0.25) is 9.59 Å². The molecule has 4 N–H and O–H groups in total. The Hall–Kier alpha value is -4.37. The summed E-state index contributed by atoms with van der Waals surface area (Å²) in [5.74, 6) is -3.59. The number of hydrogen-bond donors (Lipinski definition) is 4. The molecule has 0 bridgehead atoms. The Morgan fingerprint density at radius 3 is 2.26 bits per heavy atom. The van der Waals surface area contributed by atoms with Gasteiger partial charge >= 0.3 is 11.9 Å². The minimum absolute atomic E-state index is 0.00529. The number of aryl methyl sites for hydroxylation is 1. The van der Waals surface area contributed by atoms with Crippen LogP contribution < -0.4 is 15.4 Å². The van der Waals surface area contributed by atoms with Crippen molar-refractivity contribution in [2.45, 2.75) is 31.7 Å². The lowest BCUT2D eigenvalue weighted by atomic mass is 10.0. The Labute approximate surface area is 230 Å². The smallest absolute Gasteiger partial charge is 0.341 e. The van der Waals surface area contributed by atoms with E-state index < -0.39 is 36.4 Å². The van der Waals surface area contributed by atoms with Crippen molar-refractivity contribution in [2.24, 2.45) is 0 Å². The third kappa shape index (κ3) is 9.46. The number of ether oxygens (including phenoxy) is 1. The van der Waals surface area contributed by atoms with Crippen molar-refractivity contribution in [2.75, 3.05) is 13.2 Å². The van der Waals surface area contributed by atoms with Gasteiger partial charge < -0.3 is 25.6 Å². The molecule has 0 unspecified atom stereocenters. The zero-order valence-electron chi connectivity index (χ0n) is 21.1. The summed E-state index contributed by atoms with van der Waals surface area (Å²) in [7, 11) is 0. The summed E-state index contributed by atoms with van der Waals surface area (Å²) in [6.07, 6.45) is 2.47. The molecular formula is C29H29ClN2O7. The molecule has 3 rings (SSSR count). The molecule has 10 heteroatoms. The summed E-state index contributed by atoms with van der Waals surface area (Å²) in [5.41, 5.74) is 1.71. The van der Waals surface area contributed by atoms with Crippen LogP contribution in [-0.2, 0) is 22.4 Å². The van der Waals surface area contributed by atoms with Crippen LogP contribution in [0.2, 0.25) is 5.02 Å². The summed E-state index contributed by atoms with van der Waals surface area (Å²) < 4.78 is 5.07. The number of carboxylic acids is 2. The number of hydrogen-bond acceptors (Lipinski definition) is 5. The quantitative estimate of drug-likeness (QED) is 0.222. The molecule has 0 aromatic heterocycles. The van der Waals surface area contributed by atoms with Crippen LogP contribution in [0.1, 0.15) is 44.7 Å². The molecule has 0 fully saturated rings. The van der Waals surface area contributed by atoms with E-state index in [1.807, 2.05) is 30.3 Å². The van der Waals surface area contributed by atoms with Gasteiger partial charge in [0, 0.05) is 23.6 Å². The average Bonchev–Trinajstić information content (AvgIpc) is 2.92. The monoisotopic (exact) mass is 552 g/mol. The molecular weight excluding hydrogens is 524 g/mol. The van der Waals surface area contributed by atoms with Gasteiger partial charge in [0.25, 0.3) is 5.91 Å². The number of carboxylic acid groups (broad SMARTS) is 2. The van der Waals surface area contributed by atoms with Crippen LogP contribution in [0.4, 0.5) is 0 Å². The first-order chi connectivity index (χ1) is 18.7. The molecule has 0 radical (unpaired) electrons. The van der Waals surface area contributed by atoms with Crippen LogP contribution >= 0.6 is 11.6 Å². The predicted molar refractivity (Wildman–Crippen MR) is 145 cm³/mol. The Kier molecular flexibility index (Phi) is 10.9. The number of halogens is 1. The first-order valence-corrected chi connectivity index (χ1v) is 12.7. The molecule has 0 aliphatic carbocycles. The standard InChI is InChI=1S/C29H29ClN2O7/c30-22-12-10-21(11-13-22)27(35)32-24(28(36)31-15-5-4-8-19-6-2-1-3-7-19)17-20-9-14-25(39-18-26(33)34)23(16-20)29(37)38/h1-3,6-7,9-14,16,24H,4-5,8,15,17-18H2,(H,31,36)(H,32,35)(H,33,34)(H,37,38)/t24-/m0/s1. The van der Waals surface area contributed by atoms with Crippen LogP contribution in [0.15, 0.2) is 72.8 Å². The third-order valence-electron chi connectivity index (χ3n) is 5.83. The summed E-state index contributed by atoms with van der Waals surface area (Å²) in [4.78, 5) is 48.5. The molecule has 0 saturated heterocycles. The Morgan fingerprint density at radius 2 is 1.59 bits per heavy atom. The van der Waals surface area contributed by atoms with Gasteiger partial charge in [-0.15, -0.1) is 0 Å². The molecule has 9 nitrogen and oxygen atoms in total. The molecule has 0 heterocycles. The number of carbonyl (C=O) groups is 4. The van der Waals surface area contributed by atoms with Crippen molar-refractivity contribution in [3.05, 3.63) is 100 Å². The fraction of sp³-hybridized carbons (Fsp3) is 0.241. The van der Waals surface area contributed by atoms with Crippen molar-refractivity contribution in [3.8, 4) is 5.75 Å². The Morgan fingerprint density at radius 1 is 0.872 bits per heavy atom. The van der Waals surface area contributed by atoms with Crippen LogP contribution in [0, 0.1) is 0 Å². The zero-order chi connectivity index (χ0) is 28.2. The molecule has 3 aromatic rings. The van der Waals surface area contributed by atoms with E-state index >= 15 is 0 Å². The Bertz CT molecular complexity index is 1300. The van der Waals surface area contributed by atoms with E-state index in [1.54, 1.807) is 12.1 Å². The highest BCUT2D eigenvalue weighted by Crippen LogP contribution is 2.22. The van der Waals surface area contributed by atoms with Gasteiger partial charge in [-0.1, -0.05) is 48.0 Å². The maximum Gasteiger partial charge on any atom is 0.341 e. The van der Waals surface area contributed by atoms with Crippen molar-refractivity contribution in [1.29, 1.82) is 0 Å². The molecule has 0 aliphatic rings. The topological polar surface area (TPSA) is 142 Å². The van der Waals surface area contributed by atoms with Gasteiger partial charge in [0.05, 0.1) is 0 Å². The minimum Gasteiger partial charge on any atom is -0.481 e. The van der Waals surface area contributed by atoms with Crippen LogP contribution in [0.25, 0.3) is 0 Å². The van der Waals surface area contributed by atoms with Crippen LogP contribution in [0.3, 0.4) is 0 Å². The lowest BCUT2D eigenvalue weighted by Crippen LogP contribution is -2.48. The van der Waals surface area contributed by atoms with E-state index in [-0.39, 0.29) is 17.7 Å². The van der Waals surface area contributed by atoms with Crippen molar-refractivity contribution in [3.63, 3.8) is 0 Å². The number of unbranched alkanes of at least 4 members (excludes halogenated alkanes) is 1. The number of rotatable bonds is 14. The van der Waals surface area contributed by atoms with Crippen LogP contribution in [-0.4, -0.2) is 53.2 Å². The van der Waals surface area contributed by atoms with Gasteiger partial charge in [0.1, 0.15) is 17.4 Å². The SMILES string of the molecule is O=C(O)COc1ccc(C[C@H](NC(=O)c2ccc(Cl)cc2)C(=O)NCCCCc2ccccc2)cc1C(=O)O. The second-order valence-electron chi connectivity index (χ2n) is 8.79. The minimum atomic E-state index is -1.32. The highest BCUT2D eigenvalue weighted by atomic mass is 35.5. The fourth-order valence-corrected chi connectivity index (χ4v) is 3.98. The van der Waals surface area contributed by atoms with Crippen molar-refractivity contribution in [1.82, 2.24) is 10.6 Å². The van der Waals surface area contributed by atoms with Gasteiger partial charge in [-0.2, -0.15) is 0 Å². The zero-order valence-corrected chi connectivity index (χ0v) is 21.8. The summed E-state index contributed by atoms with van der Waals surface area (Å²) in [6, 6.07) is 19.4. The lowest BCUT2D eigenvalue weighted by Gasteiger charge is -2.19. The lowest BCUT2D eigenvalue weighted by molar-refractivity contribution is -0.139. The number of aromatic carboxylic acids is 1. The number of amides is 2. The van der Waals surface area contributed by atoms with Gasteiger partial charge in [0.15, 0.2) is 6.61 Å². The van der Waals surface area contributed by atoms with Crippen LogP contribution in [0.5, 0.6) is 5.75 Å². The van der Waals surface area contributed by atoms with Crippen molar-refractivity contribution >= 4 is 35.4 Å². The van der Waals surface area contributed by atoms with E-state index in [1.165, 1.54) is 35.9 Å². The van der Waals surface area contributed by atoms with Crippen molar-refractivity contribution < 1.29 is 34.1 Å². The van der Waals surface area contributed by atoms with E-state index in [0.717, 1.165) is 19.3 Å². The molecule has 1 atom stereocenters. The third-order valence-corrected chi connectivity index (χ3v) is 6.08. The fourth-order valence-electron chi connectivity index (χ4n) is 3.86. The first-order valence-electron chi connectivity index (χ1n) is 12.3. The van der Waals surface area contributed by atoms with Gasteiger partial charge in [-0.05, 0) is 66.8 Å². The van der Waals surface area contributed by atoms with Gasteiger partial charge in [0.2, 0.25) is 5.91 Å². The predicted octanol–water partition coefficient (Wildman–Crippen LogP) is 3.98. The number of carbonyl (C=O) groups excluding carboxylic acids is 2. The maximum atomic E-state index is 13.1. The van der Waals surface area contributed by atoms with Gasteiger partial charge in [-0.25, -0.2) is 9.59 Å². The summed E-state index contributed by atoms with van der Waals surface area (Å²) >= 11 is 5.91. The highest BCUT2D eigenvalue weighted by molar-refractivity contribution is 6.30. The number of benzene rings is 3. The number of nitrogens with one attached hydrogen (secondary N) is 2. The molecule has 39 heavy (non-hydrogen) atoms. The molecule has 0 aliphatic heterocycles. The molecule has 0 saturated carbocycles. The largest absolute Gasteiger partial charge is 0.481 e. The van der Waals surface area contributed by atoms with E-state index in [4.69, 9.17) is 21.4 Å². The second-order valence-corrected chi connectivity index (χ2v) is 9.23. The normalized spacial score (nSPS) is 11.3. The summed E-state index contributed by atoms with van der Waals surface area (Å²) in [5, 5.41) is 24.4. The van der Waals surface area contributed by atoms with E-state index in [2.05, 4.69) is 10.6 Å². The van der Waals surface area contributed by atoms with E-state index in [0.29, 0.717) is 22.7 Å².